The molecule has 0 fully saturated rings. The third kappa shape index (κ3) is 4.77. The predicted molar refractivity (Wildman–Crippen MR) is 116 cm³/mol. The minimum atomic E-state index is -4.73. The summed E-state index contributed by atoms with van der Waals surface area (Å²) in [6.45, 7) is 4.41. The summed E-state index contributed by atoms with van der Waals surface area (Å²) >= 11 is 0. The van der Waals surface area contributed by atoms with Crippen molar-refractivity contribution in [1.82, 2.24) is 4.98 Å². The highest BCUT2D eigenvalue weighted by molar-refractivity contribution is 5.93. The van der Waals surface area contributed by atoms with Gasteiger partial charge in [0.1, 0.15) is 23.0 Å². The molecule has 164 valence electrons. The lowest BCUT2D eigenvalue weighted by atomic mass is 10.00. The second-order valence-electron chi connectivity index (χ2n) is 7.00. The smallest absolute Gasteiger partial charge is 0.492 e. The molecule has 1 aromatic heterocycles. The fourth-order valence-corrected chi connectivity index (χ4v) is 3.47. The van der Waals surface area contributed by atoms with E-state index in [9.17, 15) is 13.2 Å². The van der Waals surface area contributed by atoms with E-state index in [0.29, 0.717) is 18.1 Å². The Kier molecular flexibility index (Phi) is 5.90. The van der Waals surface area contributed by atoms with Gasteiger partial charge in [-0.05, 0) is 67.9 Å². The maximum Gasteiger partial charge on any atom is 0.573 e. The summed E-state index contributed by atoms with van der Waals surface area (Å²) in [4.78, 5) is 4.72. The van der Waals surface area contributed by atoms with E-state index in [2.05, 4.69) is 4.74 Å². The molecule has 0 unspecified atom stereocenters. The molecule has 4 nitrogen and oxygen atoms in total. The Bertz CT molecular complexity index is 1220. The quantitative estimate of drug-likeness (QED) is 0.316. The van der Waals surface area contributed by atoms with Gasteiger partial charge >= 0.3 is 6.36 Å². The van der Waals surface area contributed by atoms with Crippen molar-refractivity contribution in [2.45, 2.75) is 20.2 Å². The highest BCUT2D eigenvalue weighted by Crippen LogP contribution is 2.39. The summed E-state index contributed by atoms with van der Waals surface area (Å²) in [6.07, 6.45) is -4.73. The first-order valence-electron chi connectivity index (χ1n) is 10.0. The average Bonchev–Trinajstić information content (AvgIpc) is 2.75. The van der Waals surface area contributed by atoms with Crippen molar-refractivity contribution in [1.29, 1.82) is 0 Å². The highest BCUT2D eigenvalue weighted by atomic mass is 19.4. The molecular formula is C25H20F3NO3. The van der Waals surface area contributed by atoms with Crippen LogP contribution in [0.5, 0.6) is 23.0 Å². The Morgan fingerprint density at radius 2 is 1.41 bits per heavy atom. The van der Waals surface area contributed by atoms with Crippen LogP contribution in [0.25, 0.3) is 22.0 Å². The van der Waals surface area contributed by atoms with Crippen LogP contribution in [0, 0.1) is 6.92 Å². The molecule has 4 rings (SSSR count). The van der Waals surface area contributed by atoms with Crippen LogP contribution < -0.4 is 14.2 Å². The third-order valence-corrected chi connectivity index (χ3v) is 4.75. The van der Waals surface area contributed by atoms with E-state index < -0.39 is 6.36 Å². The number of hydrogen-bond acceptors (Lipinski definition) is 4. The van der Waals surface area contributed by atoms with Crippen LogP contribution in [0.1, 0.15) is 12.6 Å². The van der Waals surface area contributed by atoms with Gasteiger partial charge in [0.05, 0.1) is 12.1 Å². The number of fused-ring (bicyclic) bond motifs is 1. The molecule has 0 bridgehead atoms. The number of alkyl halides is 3. The molecule has 0 amide bonds. The van der Waals surface area contributed by atoms with Gasteiger partial charge in [0.2, 0.25) is 0 Å². The number of aryl methyl sites for hydroxylation is 1. The molecule has 0 spiro atoms. The summed E-state index contributed by atoms with van der Waals surface area (Å²) in [5, 5.41) is 0.941. The topological polar surface area (TPSA) is 40.6 Å². The van der Waals surface area contributed by atoms with E-state index in [4.69, 9.17) is 14.5 Å². The number of rotatable bonds is 6. The van der Waals surface area contributed by atoms with Gasteiger partial charge in [-0.3, -0.25) is 4.98 Å². The second kappa shape index (κ2) is 8.78. The molecule has 1 heterocycles. The summed E-state index contributed by atoms with van der Waals surface area (Å²) < 4.78 is 52.5. The fourth-order valence-electron chi connectivity index (χ4n) is 3.47. The molecule has 0 saturated heterocycles. The van der Waals surface area contributed by atoms with Crippen LogP contribution in [0.3, 0.4) is 0 Å². The average molecular weight is 439 g/mol. The number of ether oxygens (including phenoxy) is 3. The predicted octanol–water partition coefficient (Wildman–Crippen LogP) is 7.30. The molecule has 0 aliphatic carbocycles. The summed E-state index contributed by atoms with van der Waals surface area (Å²) in [5.74, 6) is 1.42. The number of nitrogens with zero attached hydrogens (tertiary/aromatic N) is 1. The molecule has 0 N–H and O–H groups in total. The third-order valence-electron chi connectivity index (χ3n) is 4.75. The van der Waals surface area contributed by atoms with Crippen molar-refractivity contribution in [3.63, 3.8) is 0 Å². The lowest BCUT2D eigenvalue weighted by Gasteiger charge is -2.16. The van der Waals surface area contributed by atoms with Gasteiger partial charge in [-0.15, -0.1) is 13.2 Å². The summed E-state index contributed by atoms with van der Waals surface area (Å²) in [5.41, 5.74) is 3.55. The van der Waals surface area contributed by atoms with Crippen LogP contribution in [0.2, 0.25) is 0 Å². The zero-order chi connectivity index (χ0) is 22.7. The molecule has 0 aliphatic rings. The Hall–Kier alpha value is -3.74. The normalized spacial score (nSPS) is 11.4. The monoisotopic (exact) mass is 439 g/mol. The van der Waals surface area contributed by atoms with Crippen molar-refractivity contribution in [3.8, 4) is 34.1 Å². The van der Waals surface area contributed by atoms with E-state index in [1.165, 1.54) is 24.3 Å². The van der Waals surface area contributed by atoms with E-state index >= 15 is 0 Å². The summed E-state index contributed by atoms with van der Waals surface area (Å²) in [7, 11) is 0. The van der Waals surface area contributed by atoms with Gasteiger partial charge < -0.3 is 14.2 Å². The zero-order valence-corrected chi connectivity index (χ0v) is 17.4. The van der Waals surface area contributed by atoms with Crippen LogP contribution >= 0.6 is 0 Å². The van der Waals surface area contributed by atoms with Gasteiger partial charge in [0.15, 0.2) is 0 Å². The number of aromatic nitrogens is 1. The van der Waals surface area contributed by atoms with E-state index in [1.54, 1.807) is 12.1 Å². The van der Waals surface area contributed by atoms with Crippen molar-refractivity contribution in [2.75, 3.05) is 6.61 Å². The molecule has 0 atom stereocenters. The zero-order valence-electron chi connectivity index (χ0n) is 17.4. The molecule has 32 heavy (non-hydrogen) atoms. The molecule has 0 aliphatic heterocycles. The van der Waals surface area contributed by atoms with Crippen LogP contribution in [-0.2, 0) is 0 Å². The minimum absolute atomic E-state index is 0.303. The van der Waals surface area contributed by atoms with Crippen molar-refractivity contribution >= 4 is 10.9 Å². The highest BCUT2D eigenvalue weighted by Gasteiger charge is 2.31. The Morgan fingerprint density at radius 3 is 2.03 bits per heavy atom. The maximum absolute atomic E-state index is 12.3. The first-order chi connectivity index (χ1) is 15.3. The number of halogens is 3. The number of hydrogen-bond donors (Lipinski definition) is 0. The molecule has 0 radical (unpaired) electrons. The molecule has 0 saturated carbocycles. The number of para-hydroxylation sites is 1. The largest absolute Gasteiger partial charge is 0.573 e. The summed E-state index contributed by atoms with van der Waals surface area (Å²) in [6, 6.07) is 20.5. The first kappa shape index (κ1) is 21.5. The first-order valence-corrected chi connectivity index (χ1v) is 10.0. The van der Waals surface area contributed by atoms with E-state index in [-0.39, 0.29) is 5.75 Å². The van der Waals surface area contributed by atoms with Crippen molar-refractivity contribution in [2.24, 2.45) is 0 Å². The fraction of sp³-hybridized carbons (Fsp3) is 0.160. The standard InChI is InChI=1S/C25H20F3NO3/c1-3-30-24-21-6-4-5-7-22(21)29-16(2)23(24)17-8-10-18(11-9-17)31-19-12-14-20(15-13-19)32-25(26,27)28/h4-15H,3H2,1-2H3. The van der Waals surface area contributed by atoms with Gasteiger partial charge in [0.25, 0.3) is 0 Å². The molecule has 3 aromatic carbocycles. The molecular weight excluding hydrogens is 419 g/mol. The SMILES string of the molecule is CCOc1c(-c2ccc(Oc3ccc(OC(F)(F)F)cc3)cc2)c(C)nc2ccccc12. The van der Waals surface area contributed by atoms with Crippen LogP contribution in [0.15, 0.2) is 72.8 Å². The Labute approximate surface area is 183 Å². The van der Waals surface area contributed by atoms with E-state index in [1.807, 2.05) is 50.2 Å². The van der Waals surface area contributed by atoms with Gasteiger partial charge in [-0.25, -0.2) is 0 Å². The lowest BCUT2D eigenvalue weighted by molar-refractivity contribution is -0.274. The maximum atomic E-state index is 12.3. The minimum Gasteiger partial charge on any atom is -0.492 e. The Morgan fingerprint density at radius 1 is 0.812 bits per heavy atom. The van der Waals surface area contributed by atoms with Crippen LogP contribution in [-0.4, -0.2) is 18.0 Å². The van der Waals surface area contributed by atoms with Crippen LogP contribution in [0.4, 0.5) is 13.2 Å². The van der Waals surface area contributed by atoms with Gasteiger partial charge in [0, 0.05) is 16.6 Å². The van der Waals surface area contributed by atoms with Crippen molar-refractivity contribution < 1.29 is 27.4 Å². The second-order valence-corrected chi connectivity index (χ2v) is 7.00. The van der Waals surface area contributed by atoms with Gasteiger partial charge in [-0.2, -0.15) is 0 Å². The molecule has 4 aromatic rings. The number of pyridine rings is 1. The molecule has 7 heteroatoms. The van der Waals surface area contributed by atoms with E-state index in [0.717, 1.165) is 33.5 Å². The number of benzene rings is 3. The Balaban J connectivity index is 1.60. The van der Waals surface area contributed by atoms with Crippen molar-refractivity contribution in [3.05, 3.63) is 78.5 Å². The lowest BCUT2D eigenvalue weighted by Crippen LogP contribution is -2.16. The van der Waals surface area contributed by atoms with Gasteiger partial charge in [-0.1, -0.05) is 24.3 Å².